The van der Waals surface area contributed by atoms with Crippen LogP contribution in [0, 0.1) is 11.8 Å². The molecule has 0 unspecified atom stereocenters. The van der Waals surface area contributed by atoms with Crippen LogP contribution in [-0.4, -0.2) is 16.6 Å². The third kappa shape index (κ3) is 6.26. The minimum absolute atomic E-state index is 0.186. The number of rotatable bonds is 4. The third-order valence-corrected chi connectivity index (χ3v) is 15.1. The molecule has 0 aliphatic heterocycles. The van der Waals surface area contributed by atoms with Gasteiger partial charge in [0, 0.05) is 11.1 Å². The summed E-state index contributed by atoms with van der Waals surface area (Å²) in [7, 11) is -3.63. The Kier molecular flexibility index (Phi) is 7.00. The van der Waals surface area contributed by atoms with Gasteiger partial charge in [-0.1, -0.05) is 53.4 Å². The third-order valence-electron chi connectivity index (χ3n) is 6.42. The zero-order valence-electron chi connectivity index (χ0n) is 20.4. The maximum Gasteiger partial charge on any atom is 0.250 e. The molecule has 2 aromatic rings. The van der Waals surface area contributed by atoms with Gasteiger partial charge in [-0.3, -0.25) is 0 Å². The molecule has 4 heteroatoms. The van der Waals surface area contributed by atoms with Crippen LogP contribution in [0.2, 0.25) is 36.3 Å². The quantitative estimate of drug-likeness (QED) is 0.357. The molecule has 0 saturated carbocycles. The second-order valence-electron chi connectivity index (χ2n) is 11.0. The summed E-state index contributed by atoms with van der Waals surface area (Å²) in [5.41, 5.74) is 1.97. The summed E-state index contributed by atoms with van der Waals surface area (Å²) >= 11 is 0. The van der Waals surface area contributed by atoms with E-state index in [1.807, 2.05) is 48.5 Å². The SMILES string of the molecule is CC(C)(C)[Si](C)(C)Oc1ccc(C#Cc2ccc(O[Si](C)(C)C(C)(C)C)cc2)cc1. The molecule has 0 amide bonds. The van der Waals surface area contributed by atoms with E-state index in [0.717, 1.165) is 22.6 Å². The van der Waals surface area contributed by atoms with E-state index in [1.54, 1.807) is 0 Å². The summed E-state index contributed by atoms with van der Waals surface area (Å²) < 4.78 is 12.7. The van der Waals surface area contributed by atoms with Crippen molar-refractivity contribution in [2.24, 2.45) is 0 Å². The van der Waals surface area contributed by atoms with Crippen LogP contribution in [0.25, 0.3) is 0 Å². The lowest BCUT2D eigenvalue weighted by Gasteiger charge is -2.36. The summed E-state index contributed by atoms with van der Waals surface area (Å²) in [6.07, 6.45) is 0. The first-order chi connectivity index (χ1) is 13.6. The van der Waals surface area contributed by atoms with Gasteiger partial charge >= 0.3 is 0 Å². The molecule has 0 N–H and O–H groups in total. The smallest absolute Gasteiger partial charge is 0.250 e. The van der Waals surface area contributed by atoms with Crippen LogP contribution >= 0.6 is 0 Å². The summed E-state index contributed by atoms with van der Waals surface area (Å²) in [6.45, 7) is 22.6. The predicted octanol–water partition coefficient (Wildman–Crippen LogP) is 7.85. The Labute approximate surface area is 186 Å². The minimum atomic E-state index is -1.81. The highest BCUT2D eigenvalue weighted by Crippen LogP contribution is 2.38. The van der Waals surface area contributed by atoms with E-state index in [9.17, 15) is 0 Å². The molecule has 0 radical (unpaired) electrons. The fourth-order valence-corrected chi connectivity index (χ4v) is 4.32. The topological polar surface area (TPSA) is 18.5 Å². The van der Waals surface area contributed by atoms with E-state index in [4.69, 9.17) is 8.85 Å². The molecule has 0 saturated heterocycles. The van der Waals surface area contributed by atoms with E-state index in [2.05, 4.69) is 79.6 Å². The van der Waals surface area contributed by atoms with Crippen LogP contribution in [0.4, 0.5) is 0 Å². The highest BCUT2D eigenvalue weighted by atomic mass is 28.4. The van der Waals surface area contributed by atoms with Crippen LogP contribution in [0.15, 0.2) is 48.5 Å². The second kappa shape index (κ2) is 8.65. The van der Waals surface area contributed by atoms with Gasteiger partial charge in [-0.2, -0.15) is 0 Å². The van der Waals surface area contributed by atoms with Crippen molar-refractivity contribution in [3.63, 3.8) is 0 Å². The summed E-state index contributed by atoms with van der Waals surface area (Å²) in [5.74, 6) is 8.35. The van der Waals surface area contributed by atoms with E-state index >= 15 is 0 Å². The van der Waals surface area contributed by atoms with E-state index in [0.29, 0.717) is 0 Å². The predicted molar refractivity (Wildman–Crippen MR) is 135 cm³/mol. The van der Waals surface area contributed by atoms with Gasteiger partial charge in [0.15, 0.2) is 0 Å². The van der Waals surface area contributed by atoms with Crippen LogP contribution < -0.4 is 8.85 Å². The average molecular weight is 439 g/mol. The molecular formula is C26H38O2Si2. The molecular weight excluding hydrogens is 400 g/mol. The lowest BCUT2D eigenvalue weighted by molar-refractivity contribution is 0.492. The van der Waals surface area contributed by atoms with Gasteiger partial charge in [-0.25, -0.2) is 0 Å². The monoisotopic (exact) mass is 438 g/mol. The highest BCUT2D eigenvalue weighted by molar-refractivity contribution is 6.75. The number of benzene rings is 2. The molecule has 30 heavy (non-hydrogen) atoms. The van der Waals surface area contributed by atoms with Gasteiger partial charge in [-0.05, 0) is 84.8 Å². The molecule has 162 valence electrons. The zero-order valence-corrected chi connectivity index (χ0v) is 22.4. The first-order valence-electron chi connectivity index (χ1n) is 10.7. The van der Waals surface area contributed by atoms with E-state index in [-0.39, 0.29) is 10.1 Å². The molecule has 0 heterocycles. The zero-order chi connectivity index (χ0) is 22.8. The number of hydrogen-bond acceptors (Lipinski definition) is 2. The fourth-order valence-electron chi connectivity index (χ4n) is 2.25. The Hall–Kier alpha value is -1.97. The first kappa shape index (κ1) is 24.3. The van der Waals surface area contributed by atoms with Crippen molar-refractivity contribution in [3.05, 3.63) is 59.7 Å². The lowest BCUT2D eigenvalue weighted by Crippen LogP contribution is -2.43. The van der Waals surface area contributed by atoms with Crippen LogP contribution in [0.3, 0.4) is 0 Å². The standard InChI is InChI=1S/C26H38O2Si2/c1-25(2,3)29(7,8)27-23-17-13-21(14-18-23)11-12-22-15-19-24(20-16-22)28-30(9,10)26(4,5)6/h13-20H,1-10H3. The molecule has 0 aliphatic carbocycles. The largest absolute Gasteiger partial charge is 0.544 e. The van der Waals surface area contributed by atoms with Crippen molar-refractivity contribution in [2.75, 3.05) is 0 Å². The molecule has 0 atom stereocenters. The van der Waals surface area contributed by atoms with Gasteiger partial charge in [0.1, 0.15) is 11.5 Å². The van der Waals surface area contributed by atoms with Crippen molar-refractivity contribution in [1.29, 1.82) is 0 Å². The van der Waals surface area contributed by atoms with Crippen LogP contribution in [0.1, 0.15) is 52.7 Å². The van der Waals surface area contributed by atoms with E-state index < -0.39 is 16.6 Å². The Morgan fingerprint density at radius 1 is 0.533 bits per heavy atom. The second-order valence-corrected chi connectivity index (χ2v) is 20.5. The summed E-state index contributed by atoms with van der Waals surface area (Å²) in [5, 5.41) is 0.373. The minimum Gasteiger partial charge on any atom is -0.544 e. The van der Waals surface area contributed by atoms with Crippen molar-refractivity contribution >= 4 is 16.6 Å². The summed E-state index contributed by atoms with van der Waals surface area (Å²) in [6, 6.07) is 16.2. The van der Waals surface area contributed by atoms with Crippen molar-refractivity contribution in [2.45, 2.75) is 77.8 Å². The molecule has 2 nitrogen and oxygen atoms in total. The first-order valence-corrected chi connectivity index (χ1v) is 16.5. The number of hydrogen-bond donors (Lipinski definition) is 0. The Balaban J connectivity index is 2.06. The summed E-state index contributed by atoms with van der Waals surface area (Å²) in [4.78, 5) is 0. The molecule has 2 aromatic carbocycles. The van der Waals surface area contributed by atoms with Crippen molar-refractivity contribution in [1.82, 2.24) is 0 Å². The van der Waals surface area contributed by atoms with Gasteiger partial charge < -0.3 is 8.85 Å². The maximum absolute atomic E-state index is 6.34. The normalized spacial score (nSPS) is 12.7. The van der Waals surface area contributed by atoms with Crippen molar-refractivity contribution in [3.8, 4) is 23.3 Å². The van der Waals surface area contributed by atoms with Crippen molar-refractivity contribution < 1.29 is 8.85 Å². The van der Waals surface area contributed by atoms with Crippen LogP contribution in [0.5, 0.6) is 11.5 Å². The molecule has 0 aliphatic rings. The van der Waals surface area contributed by atoms with Crippen LogP contribution in [-0.2, 0) is 0 Å². The fraction of sp³-hybridized carbons (Fsp3) is 0.462. The Bertz CT molecular complexity index is 826. The molecule has 0 aromatic heterocycles. The molecule has 0 fully saturated rings. The van der Waals surface area contributed by atoms with Gasteiger partial charge in [-0.15, -0.1) is 0 Å². The molecule has 0 bridgehead atoms. The highest BCUT2D eigenvalue weighted by Gasteiger charge is 2.39. The van der Waals surface area contributed by atoms with Gasteiger partial charge in [0.05, 0.1) is 0 Å². The molecule has 2 rings (SSSR count). The van der Waals surface area contributed by atoms with Gasteiger partial charge in [0.2, 0.25) is 16.6 Å². The van der Waals surface area contributed by atoms with Gasteiger partial charge in [0.25, 0.3) is 0 Å². The average Bonchev–Trinajstić information content (AvgIpc) is 2.60. The Morgan fingerprint density at radius 3 is 1.03 bits per heavy atom. The molecule has 0 spiro atoms. The van der Waals surface area contributed by atoms with E-state index in [1.165, 1.54) is 0 Å². The lowest BCUT2D eigenvalue weighted by atomic mass is 10.2. The maximum atomic E-state index is 6.34. The Morgan fingerprint density at radius 2 is 0.800 bits per heavy atom.